The smallest absolute Gasteiger partial charge is 0.371 e. The van der Waals surface area contributed by atoms with Crippen LogP contribution in [0.1, 0.15) is 173 Å². The summed E-state index contributed by atoms with van der Waals surface area (Å²) in [6, 6.07) is 4.24. The highest BCUT2D eigenvalue weighted by atomic mass is 35.5. The minimum Gasteiger partial charge on any atom is -0.371 e. The Bertz CT molecular complexity index is 5580. The van der Waals surface area contributed by atoms with Gasteiger partial charge in [-0.05, 0) is 120 Å². The molecule has 3 unspecified atom stereocenters. The van der Waals surface area contributed by atoms with Gasteiger partial charge in [0.15, 0.2) is 10.0 Å². The predicted molar refractivity (Wildman–Crippen MR) is 408 cm³/mol. The van der Waals surface area contributed by atoms with Gasteiger partial charge in [-0.2, -0.15) is 90.5 Å². The average Bonchev–Trinajstić information content (AvgIpc) is 1.74. The number of aryl methyl sites for hydroxylation is 9. The summed E-state index contributed by atoms with van der Waals surface area (Å²) in [4.78, 5) is 85.1. The number of fused-ring (bicyclic) bond motifs is 2. The molecule has 5 N–H and O–H groups in total. The van der Waals surface area contributed by atoms with Crippen molar-refractivity contribution in [1.29, 1.82) is 10.5 Å². The second-order valence-electron chi connectivity index (χ2n) is 26.7. The van der Waals surface area contributed by atoms with Gasteiger partial charge >= 0.3 is 36.8 Å². The van der Waals surface area contributed by atoms with Gasteiger partial charge in [0.05, 0.1) is 120 Å². The third-order valence-electron chi connectivity index (χ3n) is 17.1. The minimum absolute atomic E-state index is 0.0167. The van der Waals surface area contributed by atoms with E-state index in [4.69, 9.17) is 26.9 Å². The Morgan fingerprint density at radius 2 is 0.840 bits per heavy atom. The number of hydrogen-bond acceptors (Lipinski definition) is 32. The van der Waals surface area contributed by atoms with E-state index in [1.807, 2.05) is 0 Å². The summed E-state index contributed by atoms with van der Waals surface area (Å²) in [6.07, 6.45) is -12.0. The van der Waals surface area contributed by atoms with E-state index in [2.05, 4.69) is 123 Å². The summed E-state index contributed by atoms with van der Waals surface area (Å²) in [5.41, 5.74) is -2.76. The summed E-state index contributed by atoms with van der Waals surface area (Å²) >= 11 is 12.0. The molecule has 1 aliphatic carbocycles. The maximum absolute atomic E-state index is 12.8. The zero-order valence-electron chi connectivity index (χ0n) is 63.8. The van der Waals surface area contributed by atoms with Gasteiger partial charge < -0.3 is 36.2 Å². The number of carbonyl (C=O) groups excluding carboxylic acids is 2. The van der Waals surface area contributed by atoms with Gasteiger partial charge in [0.2, 0.25) is 29.7 Å². The second kappa shape index (κ2) is 36.3. The Morgan fingerprint density at radius 3 is 1.18 bits per heavy atom. The van der Waals surface area contributed by atoms with Crippen LogP contribution in [-0.4, -0.2) is 131 Å². The number of likely N-dealkylation sites (tertiary alicyclic amines) is 1. The van der Waals surface area contributed by atoms with Crippen LogP contribution in [0, 0.1) is 85.0 Å². The normalized spacial score (nSPS) is 15.0. The molecular weight excluding hydrogens is 1720 g/mol. The predicted octanol–water partition coefficient (Wildman–Crippen LogP) is 18.5. The molecule has 29 nitrogen and oxygen atoms in total. The highest BCUT2D eigenvalue weighted by molar-refractivity contribution is 7.18. The van der Waals surface area contributed by atoms with E-state index in [9.17, 15) is 75.4 Å². The van der Waals surface area contributed by atoms with Crippen LogP contribution in [0.25, 0.3) is 0 Å². The lowest BCUT2D eigenvalue weighted by Crippen LogP contribution is -2.45. The van der Waals surface area contributed by atoms with Gasteiger partial charge in [-0.25, -0.2) is 74.8 Å². The number of nitrogens with zero attached hydrogens (tertiary/aromatic N) is 21. The number of morpholine rings is 1. The van der Waals surface area contributed by atoms with Crippen LogP contribution in [0.5, 0.6) is 0 Å². The van der Waals surface area contributed by atoms with Crippen molar-refractivity contribution in [2.24, 2.45) is 0 Å². The van der Waals surface area contributed by atoms with Crippen LogP contribution in [0.4, 0.5) is 121 Å². The summed E-state index contributed by atoms with van der Waals surface area (Å²) in [7, 11) is 0. The molecule has 0 aromatic carbocycles. The Labute approximate surface area is 690 Å². The van der Waals surface area contributed by atoms with Crippen molar-refractivity contribution < 1.29 is 80.2 Å². The summed E-state index contributed by atoms with van der Waals surface area (Å²) in [5.74, 6) is -0.369. The molecule has 3 atom stereocenters. The first-order valence-electron chi connectivity index (χ1n) is 34.7. The SMILES string of the molecule is Cc1nc(Nc2sc(C(=O)N3CC4CCC(C3)O4)nc2C)ncc1C(F)(F)F.Cc1nc(Nc2sc(C(=O)n3cncn3)nc2C)ncc1C(F)(F)F.Cc1nc(Nc2sc(C(C)(C)C#N)nc2C)ncc1C(F)(F)F.Cc1nc(Nc2sc(C(C)C#N)nc2C)ncc1C(F)(F)F.Cc1nc(Nc2snc(C3CC3)c2Cl)ncc1C(F)(F)F. The molecule has 13 heterocycles. The molecule has 2 bridgehead atoms. The Balaban J connectivity index is 0.000000157. The van der Waals surface area contributed by atoms with Gasteiger partial charge in [-0.1, -0.05) is 56.9 Å². The largest absolute Gasteiger partial charge is 0.419 e. The molecule has 11 aromatic heterocycles. The molecule has 1 saturated carbocycles. The molecule has 11 aromatic rings. The number of aromatic nitrogens is 18. The fourth-order valence-corrected chi connectivity index (χ4v) is 15.6. The molecule has 14 rings (SSSR count). The zero-order chi connectivity index (χ0) is 87.3. The Morgan fingerprint density at radius 1 is 0.487 bits per heavy atom. The molecule has 3 fully saturated rings. The third kappa shape index (κ3) is 22.9. The zero-order valence-corrected chi connectivity index (χ0v) is 68.6. The number of halogens is 16. The monoisotopic (exact) mass is 1780 g/mol. The number of ether oxygens (including phenoxy) is 1. The molecule has 0 radical (unpaired) electrons. The molecule has 3 aliphatic rings. The van der Waals surface area contributed by atoms with E-state index < -0.39 is 70.0 Å². The Hall–Kier alpha value is -11.0. The first-order chi connectivity index (χ1) is 55.6. The van der Waals surface area contributed by atoms with Crippen LogP contribution >= 0.6 is 68.5 Å². The van der Waals surface area contributed by atoms with Crippen LogP contribution < -0.4 is 26.6 Å². The number of nitrogens with one attached hydrogen (secondary N) is 5. The first kappa shape index (κ1) is 90.3. The van der Waals surface area contributed by atoms with Gasteiger partial charge in [0.25, 0.3) is 5.91 Å². The van der Waals surface area contributed by atoms with Crippen LogP contribution in [-0.2, 0) is 41.0 Å². The van der Waals surface area contributed by atoms with Crippen molar-refractivity contribution in [2.75, 3.05) is 39.7 Å². The Kier molecular flexibility index (Phi) is 27.6. The van der Waals surface area contributed by atoms with E-state index >= 15 is 0 Å². The number of nitriles is 2. The second-order valence-corrected chi connectivity index (χ2v) is 31.9. The minimum atomic E-state index is -4.51. The van der Waals surface area contributed by atoms with Crippen molar-refractivity contribution in [2.45, 2.75) is 169 Å². The summed E-state index contributed by atoms with van der Waals surface area (Å²) in [5, 5.41) is 40.9. The van der Waals surface area contributed by atoms with Crippen molar-refractivity contribution in [3.8, 4) is 12.1 Å². The average molecular weight is 1790 g/mol. The van der Waals surface area contributed by atoms with Gasteiger partial charge in [-0.3, -0.25) is 9.59 Å². The van der Waals surface area contributed by atoms with Crippen molar-refractivity contribution >= 4 is 135 Å². The molecular formula is C69H64ClF15N26O3S5. The fraction of sp³-hybridized carbons (Fsp3) is 0.406. The highest BCUT2D eigenvalue weighted by Gasteiger charge is 2.41. The lowest BCUT2D eigenvalue weighted by molar-refractivity contribution is -0.139. The molecule has 0 spiro atoms. The molecule has 1 amide bonds. The molecule has 119 heavy (non-hydrogen) atoms. The number of rotatable bonds is 15. The maximum Gasteiger partial charge on any atom is 0.419 e. The van der Waals surface area contributed by atoms with Gasteiger partial charge in [-0.15, -0.1) is 0 Å². The topological polar surface area (TPSA) is 378 Å². The van der Waals surface area contributed by atoms with Crippen molar-refractivity contribution in [3.05, 3.63) is 153 Å². The lowest BCUT2D eigenvalue weighted by Gasteiger charge is -2.31. The van der Waals surface area contributed by atoms with E-state index in [1.54, 1.807) is 53.4 Å². The first-order valence-corrected chi connectivity index (χ1v) is 39.1. The fourth-order valence-electron chi connectivity index (χ4n) is 10.7. The van der Waals surface area contributed by atoms with Crippen LogP contribution in [0.15, 0.2) is 43.6 Å². The van der Waals surface area contributed by atoms with Crippen molar-refractivity contribution in [3.63, 3.8) is 0 Å². The van der Waals surface area contributed by atoms with E-state index in [0.29, 0.717) is 93.0 Å². The number of alkyl halides is 15. The molecule has 50 heteroatoms. The number of anilines is 10. The van der Waals surface area contributed by atoms with Crippen LogP contribution in [0.3, 0.4) is 0 Å². The lowest BCUT2D eigenvalue weighted by atomic mass is 9.97. The number of carbonyl (C=O) groups is 2. The quantitative estimate of drug-likeness (QED) is 0.0595. The molecule has 2 saturated heterocycles. The van der Waals surface area contributed by atoms with Gasteiger partial charge in [0.1, 0.15) is 53.1 Å². The summed E-state index contributed by atoms with van der Waals surface area (Å²) < 4.78 is 202. The third-order valence-corrected chi connectivity index (χ3v) is 23.1. The maximum atomic E-state index is 12.8. The molecule has 2 aliphatic heterocycles. The molecule has 630 valence electrons. The van der Waals surface area contributed by atoms with Crippen LogP contribution in [0.2, 0.25) is 5.02 Å². The number of thiazole rings is 4. The van der Waals surface area contributed by atoms with Crippen molar-refractivity contribution in [1.82, 2.24) is 93.8 Å². The van der Waals surface area contributed by atoms with E-state index in [0.717, 1.165) is 95.1 Å². The number of hydrogen-bond donors (Lipinski definition) is 5. The van der Waals surface area contributed by atoms with E-state index in [-0.39, 0.29) is 87.3 Å². The standard InChI is InChI=1S/C17H18F3N5O2S.C14H14F3N5S.C13H10F3N7OS.C13H12F3N5S.C12H10ClF3N4S/c1-8-12(17(18,19)20)5-21-16(23-8)24-13-9(2)22-14(28-13)15(26)25-6-10-3-4-11(7-25)27-10;1-7-9(14(15,16)17)5-19-12(21-7)22-10-8(2)20-11(23-10)13(3,4)6-18;1-6-8(13(14,15)16)3-18-12(21-6)22-9-7(2)20-10(25-9)11(24)23-5-17-4-19-23;1-6(4-17)10-19-8(3)11(22-10)21-12-18-5-9(7(2)20-12)13(14,15)16;1-5-7(12(14,15)16)4-17-11(18-5)19-10-8(13)9(20-21-10)6-2-3-6/h5,10-11H,3-4,6-7H2,1-2H3,(H,21,23,24);5H,1-4H3,(H,19,21,22);3-5H,1-2H3,(H,18,21,22);5-6H,1-3H3,(H,18,20,21);4,6H,2-3H2,1H3,(H,17,18,19). The van der Waals surface area contributed by atoms with E-state index in [1.165, 1.54) is 69.9 Å². The number of amides is 1. The highest BCUT2D eigenvalue weighted by Crippen LogP contribution is 2.47. The summed E-state index contributed by atoms with van der Waals surface area (Å²) in [6.45, 7) is 19.5. The van der Waals surface area contributed by atoms with Gasteiger partial charge in [0, 0.05) is 50.0 Å².